The minimum Gasteiger partial charge on any atom is -0.497 e. The molecular formula is C25H22Cl2N6O2. The molecule has 0 amide bonds. The molecule has 1 unspecified atom stereocenters. The van der Waals surface area contributed by atoms with E-state index in [-0.39, 0.29) is 12.2 Å². The van der Waals surface area contributed by atoms with Crippen LogP contribution in [0.3, 0.4) is 0 Å². The van der Waals surface area contributed by atoms with Crippen LogP contribution in [0.1, 0.15) is 17.4 Å². The minimum atomic E-state index is -0.868. The van der Waals surface area contributed by atoms with Crippen molar-refractivity contribution in [1.29, 1.82) is 5.41 Å². The monoisotopic (exact) mass is 508 g/mol. The number of aliphatic hydroxyl groups excluding tert-OH is 1. The summed E-state index contributed by atoms with van der Waals surface area (Å²) in [4.78, 5) is 0. The highest BCUT2D eigenvalue weighted by molar-refractivity contribution is 6.42. The minimum absolute atomic E-state index is 0.181. The van der Waals surface area contributed by atoms with Gasteiger partial charge in [0.05, 0.1) is 59.3 Å². The van der Waals surface area contributed by atoms with Crippen LogP contribution in [0.25, 0.3) is 16.7 Å². The van der Waals surface area contributed by atoms with Crippen LogP contribution in [0.2, 0.25) is 10.0 Å². The Hall–Kier alpha value is -3.59. The second-order valence-corrected chi connectivity index (χ2v) is 8.87. The third kappa shape index (κ3) is 4.55. The summed E-state index contributed by atoms with van der Waals surface area (Å²) in [5.74, 6) is 0.728. The lowest BCUT2D eigenvalue weighted by molar-refractivity contribution is 0.155. The Labute approximate surface area is 211 Å². The van der Waals surface area contributed by atoms with Crippen LogP contribution < -0.4 is 10.4 Å². The quantitative estimate of drug-likeness (QED) is 0.335. The van der Waals surface area contributed by atoms with Gasteiger partial charge in [-0.2, -0.15) is 0 Å². The summed E-state index contributed by atoms with van der Waals surface area (Å²) >= 11 is 12.1. The fourth-order valence-electron chi connectivity index (χ4n) is 4.05. The third-order valence-electron chi connectivity index (χ3n) is 5.84. The molecule has 5 rings (SSSR count). The van der Waals surface area contributed by atoms with Gasteiger partial charge in [0.1, 0.15) is 11.4 Å². The number of benzene rings is 3. The number of rotatable bonds is 7. The predicted octanol–water partition coefficient (Wildman–Crippen LogP) is 4.60. The van der Waals surface area contributed by atoms with Crippen molar-refractivity contribution in [1.82, 2.24) is 24.1 Å². The number of halogens is 2. The zero-order chi connectivity index (χ0) is 24.5. The Morgan fingerprint density at radius 3 is 2.49 bits per heavy atom. The Bertz CT molecular complexity index is 1570. The molecule has 10 heteroatoms. The highest BCUT2D eigenvalue weighted by Gasteiger charge is 2.17. The summed E-state index contributed by atoms with van der Waals surface area (Å²) in [6.07, 6.45) is 0.963. The van der Waals surface area contributed by atoms with Gasteiger partial charge in [-0.1, -0.05) is 52.7 Å². The largest absolute Gasteiger partial charge is 0.497 e. The number of imidazole rings is 1. The van der Waals surface area contributed by atoms with Crippen molar-refractivity contribution < 1.29 is 9.84 Å². The number of ether oxygens (including phenoxy) is 1. The van der Waals surface area contributed by atoms with E-state index in [9.17, 15) is 5.11 Å². The molecule has 35 heavy (non-hydrogen) atoms. The molecule has 0 spiro atoms. The van der Waals surface area contributed by atoms with E-state index in [4.69, 9.17) is 33.3 Å². The van der Waals surface area contributed by atoms with E-state index in [0.717, 1.165) is 22.5 Å². The number of para-hydroxylation sites is 2. The summed E-state index contributed by atoms with van der Waals surface area (Å²) in [6, 6.07) is 20.3. The van der Waals surface area contributed by atoms with Gasteiger partial charge >= 0.3 is 0 Å². The zero-order valence-electron chi connectivity index (χ0n) is 18.8. The van der Waals surface area contributed by atoms with Gasteiger partial charge in [-0.3, -0.25) is 5.41 Å². The van der Waals surface area contributed by atoms with Crippen LogP contribution in [-0.4, -0.2) is 36.3 Å². The van der Waals surface area contributed by atoms with Gasteiger partial charge in [-0.15, -0.1) is 5.10 Å². The molecule has 0 radical (unpaired) electrons. The van der Waals surface area contributed by atoms with Crippen LogP contribution in [0.4, 0.5) is 0 Å². The lowest BCUT2D eigenvalue weighted by Crippen LogP contribution is -2.27. The Morgan fingerprint density at radius 1 is 0.971 bits per heavy atom. The van der Waals surface area contributed by atoms with Gasteiger partial charge in [0.15, 0.2) is 0 Å². The molecule has 178 valence electrons. The normalized spacial score (nSPS) is 12.2. The maximum atomic E-state index is 10.9. The standard InChI is InChI=1S/C25H22Cl2N6O2/c1-35-19-6-4-5-18(12-19)33-14-17(29-30-33)13-31-22-7-2-3-8-23(22)32(25(31)28)15-24(34)16-9-10-20(26)21(27)11-16/h2-12,14,24,28,34H,13,15H2,1H3. The predicted molar refractivity (Wildman–Crippen MR) is 134 cm³/mol. The molecule has 5 aromatic rings. The molecule has 0 fully saturated rings. The molecule has 0 aliphatic carbocycles. The van der Waals surface area contributed by atoms with Crippen LogP contribution in [-0.2, 0) is 13.1 Å². The maximum absolute atomic E-state index is 10.9. The highest BCUT2D eigenvalue weighted by atomic mass is 35.5. The van der Waals surface area contributed by atoms with E-state index in [1.807, 2.05) is 59.3 Å². The second-order valence-electron chi connectivity index (χ2n) is 8.05. The lowest BCUT2D eigenvalue weighted by Gasteiger charge is -2.13. The summed E-state index contributed by atoms with van der Waals surface area (Å²) in [6.45, 7) is 0.528. The Balaban J connectivity index is 1.47. The van der Waals surface area contributed by atoms with Gasteiger partial charge in [0, 0.05) is 6.07 Å². The smallest absolute Gasteiger partial charge is 0.203 e. The van der Waals surface area contributed by atoms with E-state index in [2.05, 4.69) is 10.3 Å². The van der Waals surface area contributed by atoms with Crippen molar-refractivity contribution in [2.45, 2.75) is 19.2 Å². The fraction of sp³-hybridized carbons (Fsp3) is 0.160. The van der Waals surface area contributed by atoms with Gasteiger partial charge < -0.3 is 19.0 Å². The molecule has 0 saturated carbocycles. The molecule has 2 aromatic heterocycles. The first-order chi connectivity index (χ1) is 16.9. The van der Waals surface area contributed by atoms with E-state index in [1.54, 1.807) is 34.6 Å². The second kappa shape index (κ2) is 9.58. The molecule has 2 N–H and O–H groups in total. The number of nitrogens with one attached hydrogen (secondary N) is 1. The van der Waals surface area contributed by atoms with E-state index < -0.39 is 6.10 Å². The summed E-state index contributed by atoms with van der Waals surface area (Å²) < 4.78 is 10.6. The number of methoxy groups -OCH3 is 1. The van der Waals surface area contributed by atoms with Gasteiger partial charge in [-0.25, -0.2) is 4.68 Å². The number of nitrogens with zero attached hydrogens (tertiary/aromatic N) is 5. The van der Waals surface area contributed by atoms with E-state index >= 15 is 0 Å². The summed E-state index contributed by atoms with van der Waals surface area (Å²) in [7, 11) is 1.62. The summed E-state index contributed by atoms with van der Waals surface area (Å²) in [5.41, 5.74) is 4.07. The topological polar surface area (TPSA) is 93.9 Å². The fourth-order valence-corrected chi connectivity index (χ4v) is 4.36. The number of aromatic nitrogens is 5. The number of hydrogen-bond acceptors (Lipinski definition) is 5. The van der Waals surface area contributed by atoms with E-state index in [0.29, 0.717) is 27.8 Å². The summed E-state index contributed by atoms with van der Waals surface area (Å²) in [5, 5.41) is 29.1. The van der Waals surface area contributed by atoms with Crippen molar-refractivity contribution in [2.75, 3.05) is 7.11 Å². The molecule has 1 atom stereocenters. The van der Waals surface area contributed by atoms with Gasteiger partial charge in [-0.05, 0) is 42.0 Å². The van der Waals surface area contributed by atoms with Crippen molar-refractivity contribution in [3.05, 3.63) is 99.8 Å². The molecule has 0 aliphatic heterocycles. The molecule has 0 saturated heterocycles. The van der Waals surface area contributed by atoms with Crippen molar-refractivity contribution in [2.24, 2.45) is 0 Å². The molecule has 8 nitrogen and oxygen atoms in total. The number of fused-ring (bicyclic) bond motifs is 1. The SMILES string of the molecule is COc1cccc(-n2cc(Cn3c(=N)n(CC(O)c4ccc(Cl)c(Cl)c4)c4ccccc43)nn2)c1. The van der Waals surface area contributed by atoms with Crippen LogP contribution >= 0.6 is 23.2 Å². The Morgan fingerprint density at radius 2 is 1.74 bits per heavy atom. The van der Waals surface area contributed by atoms with Crippen LogP contribution in [0, 0.1) is 5.41 Å². The molecule has 3 aromatic carbocycles. The lowest BCUT2D eigenvalue weighted by atomic mass is 10.1. The average molecular weight is 509 g/mol. The maximum Gasteiger partial charge on any atom is 0.203 e. The average Bonchev–Trinajstić information content (AvgIpc) is 3.45. The first-order valence-corrected chi connectivity index (χ1v) is 11.6. The Kier molecular flexibility index (Phi) is 6.34. The molecule has 0 bridgehead atoms. The number of aliphatic hydroxyl groups is 1. The van der Waals surface area contributed by atoms with Crippen LogP contribution in [0.5, 0.6) is 5.75 Å². The van der Waals surface area contributed by atoms with Crippen LogP contribution in [0.15, 0.2) is 72.9 Å². The zero-order valence-corrected chi connectivity index (χ0v) is 20.3. The van der Waals surface area contributed by atoms with Crippen molar-refractivity contribution in [3.63, 3.8) is 0 Å². The van der Waals surface area contributed by atoms with Crippen molar-refractivity contribution in [3.8, 4) is 11.4 Å². The first kappa shape index (κ1) is 23.2. The molecule has 0 aliphatic rings. The number of hydrogen-bond donors (Lipinski definition) is 2. The first-order valence-electron chi connectivity index (χ1n) is 10.9. The van der Waals surface area contributed by atoms with Gasteiger partial charge in [0.25, 0.3) is 0 Å². The van der Waals surface area contributed by atoms with Gasteiger partial charge in [0.2, 0.25) is 5.62 Å². The van der Waals surface area contributed by atoms with E-state index in [1.165, 1.54) is 0 Å². The third-order valence-corrected chi connectivity index (χ3v) is 6.58. The highest BCUT2D eigenvalue weighted by Crippen LogP contribution is 2.27. The molecule has 2 heterocycles. The molecular weight excluding hydrogens is 487 g/mol. The van der Waals surface area contributed by atoms with Crippen molar-refractivity contribution >= 4 is 34.2 Å².